The minimum absolute atomic E-state index is 0.0340. The summed E-state index contributed by atoms with van der Waals surface area (Å²) >= 11 is 0. The molecule has 0 saturated heterocycles. The van der Waals surface area contributed by atoms with E-state index in [1.54, 1.807) is 13.0 Å². The maximum atomic E-state index is 12.8. The number of non-ortho nitro benzene ring substituents is 1. The number of primary amides is 1. The number of carbonyl (C=O) groups excluding carboxylic acids is 3. The van der Waals surface area contributed by atoms with Crippen LogP contribution in [0.2, 0.25) is 0 Å². The molecule has 0 heterocycles. The van der Waals surface area contributed by atoms with Crippen LogP contribution in [-0.4, -0.2) is 55.7 Å². The maximum Gasteiger partial charge on any atom is 0.395 e. The number of nitro groups is 1. The predicted molar refractivity (Wildman–Crippen MR) is 150 cm³/mol. The molecule has 0 bridgehead atoms. The van der Waals surface area contributed by atoms with E-state index in [9.17, 15) is 44.3 Å². The highest BCUT2D eigenvalue weighted by Crippen LogP contribution is 2.33. The van der Waals surface area contributed by atoms with Crippen molar-refractivity contribution < 1.29 is 39.1 Å². The molecule has 13 nitrogen and oxygen atoms in total. The van der Waals surface area contributed by atoms with Crippen LogP contribution in [0.1, 0.15) is 40.9 Å². The third kappa shape index (κ3) is 6.94. The monoisotopic (exact) mass is 576 g/mol. The number of anilines is 2. The number of carboxylic acid groups (broad SMARTS) is 2. The standard InChI is InChI=1S/C29H28N4O9/c1-3-20-14-19(10-13-23(20)32(27(36)29(39)40)24-7-5-4-6-22(24)28(37)38)15-25(26(30)35)31(17(2)34)16-18-8-11-21(12-9-18)33(41)42/h4-14,25H,3,15-16H2,1-2H3,(H2,30,35)(H,37,38)(H,39,40)/t25-/m0/s1. The molecule has 0 saturated carbocycles. The lowest BCUT2D eigenvalue weighted by molar-refractivity contribution is -0.384. The Morgan fingerprint density at radius 3 is 2.07 bits per heavy atom. The van der Waals surface area contributed by atoms with E-state index in [-0.39, 0.29) is 35.6 Å². The Morgan fingerprint density at radius 1 is 0.929 bits per heavy atom. The van der Waals surface area contributed by atoms with E-state index in [0.717, 1.165) is 4.90 Å². The summed E-state index contributed by atoms with van der Waals surface area (Å²) in [6.07, 6.45) is 0.260. The summed E-state index contributed by atoms with van der Waals surface area (Å²) in [5.74, 6) is -5.78. The number of aryl methyl sites for hydroxylation is 1. The van der Waals surface area contributed by atoms with Gasteiger partial charge in [-0.05, 0) is 41.3 Å². The molecule has 3 rings (SSSR count). The molecular formula is C29H28N4O9. The number of rotatable bonds is 11. The highest BCUT2D eigenvalue weighted by molar-refractivity contribution is 6.39. The zero-order chi connectivity index (χ0) is 31.1. The molecule has 3 aromatic carbocycles. The van der Waals surface area contributed by atoms with Gasteiger partial charge >= 0.3 is 17.8 Å². The van der Waals surface area contributed by atoms with Gasteiger partial charge in [0, 0.05) is 32.0 Å². The number of carboxylic acids is 2. The Kier molecular flexibility index (Phi) is 9.71. The molecule has 218 valence electrons. The number of carbonyl (C=O) groups is 5. The van der Waals surface area contributed by atoms with E-state index in [0.29, 0.717) is 23.1 Å². The first-order valence-corrected chi connectivity index (χ1v) is 12.7. The summed E-state index contributed by atoms with van der Waals surface area (Å²) < 4.78 is 0. The molecule has 0 aliphatic rings. The van der Waals surface area contributed by atoms with Gasteiger partial charge in [0.1, 0.15) is 6.04 Å². The molecule has 13 heteroatoms. The first-order valence-electron chi connectivity index (χ1n) is 12.7. The van der Waals surface area contributed by atoms with Crippen molar-refractivity contribution in [1.29, 1.82) is 0 Å². The summed E-state index contributed by atoms with van der Waals surface area (Å²) in [5, 5.41) is 30.1. The average Bonchev–Trinajstić information content (AvgIpc) is 2.95. The van der Waals surface area contributed by atoms with Crippen molar-refractivity contribution in [2.45, 2.75) is 39.3 Å². The van der Waals surface area contributed by atoms with Crippen LogP contribution in [0.15, 0.2) is 66.7 Å². The van der Waals surface area contributed by atoms with Gasteiger partial charge in [-0.25, -0.2) is 9.59 Å². The Balaban J connectivity index is 2.02. The number of para-hydroxylation sites is 1. The van der Waals surface area contributed by atoms with Crippen molar-refractivity contribution in [3.63, 3.8) is 0 Å². The van der Waals surface area contributed by atoms with Gasteiger partial charge in [0.2, 0.25) is 11.8 Å². The number of nitro benzene ring substituents is 1. The quantitative estimate of drug-likeness (QED) is 0.174. The van der Waals surface area contributed by atoms with Gasteiger partial charge in [-0.3, -0.25) is 29.4 Å². The highest BCUT2D eigenvalue weighted by atomic mass is 16.6. The molecule has 0 aliphatic carbocycles. The SMILES string of the molecule is CCc1cc(C[C@@H](C(N)=O)N(Cc2ccc([N+](=O)[O-])cc2)C(C)=O)ccc1N(C(=O)C(=O)O)c1ccccc1C(=O)O. The van der Waals surface area contributed by atoms with Crippen LogP contribution in [0.3, 0.4) is 0 Å². The fourth-order valence-corrected chi connectivity index (χ4v) is 4.51. The van der Waals surface area contributed by atoms with Gasteiger partial charge in [-0.1, -0.05) is 43.3 Å². The Hall–Kier alpha value is -5.59. The normalized spacial score (nSPS) is 11.3. The highest BCUT2D eigenvalue weighted by Gasteiger charge is 2.31. The molecule has 1 atom stereocenters. The van der Waals surface area contributed by atoms with Crippen molar-refractivity contribution in [3.05, 3.63) is 99.1 Å². The lowest BCUT2D eigenvalue weighted by Crippen LogP contribution is -2.48. The maximum absolute atomic E-state index is 12.8. The van der Waals surface area contributed by atoms with Crippen LogP contribution < -0.4 is 10.6 Å². The number of nitrogens with zero attached hydrogens (tertiary/aromatic N) is 3. The molecule has 0 aromatic heterocycles. The van der Waals surface area contributed by atoms with Crippen molar-refractivity contribution in [2.75, 3.05) is 4.90 Å². The fourth-order valence-electron chi connectivity index (χ4n) is 4.51. The Bertz CT molecular complexity index is 1550. The van der Waals surface area contributed by atoms with E-state index >= 15 is 0 Å². The second kappa shape index (κ2) is 13.2. The predicted octanol–water partition coefficient (Wildman–Crippen LogP) is 3.05. The molecule has 0 spiro atoms. The summed E-state index contributed by atoms with van der Waals surface area (Å²) in [5.41, 5.74) is 6.80. The number of benzene rings is 3. The van der Waals surface area contributed by atoms with Crippen molar-refractivity contribution >= 4 is 46.7 Å². The second-order valence-corrected chi connectivity index (χ2v) is 9.28. The number of aliphatic carboxylic acids is 1. The molecule has 42 heavy (non-hydrogen) atoms. The zero-order valence-corrected chi connectivity index (χ0v) is 22.7. The van der Waals surface area contributed by atoms with Gasteiger partial charge in [0.25, 0.3) is 5.69 Å². The third-order valence-corrected chi connectivity index (χ3v) is 6.57. The smallest absolute Gasteiger partial charge is 0.395 e. The van der Waals surface area contributed by atoms with Crippen molar-refractivity contribution in [3.8, 4) is 0 Å². The van der Waals surface area contributed by atoms with E-state index in [2.05, 4.69) is 0 Å². The van der Waals surface area contributed by atoms with E-state index in [1.807, 2.05) is 0 Å². The summed E-state index contributed by atoms with van der Waals surface area (Å²) in [4.78, 5) is 74.0. The van der Waals surface area contributed by atoms with Crippen LogP contribution in [0.4, 0.5) is 17.1 Å². The molecule has 3 aromatic rings. The van der Waals surface area contributed by atoms with Crippen LogP contribution in [0.5, 0.6) is 0 Å². The first kappa shape index (κ1) is 30.9. The van der Waals surface area contributed by atoms with Crippen LogP contribution >= 0.6 is 0 Å². The van der Waals surface area contributed by atoms with Crippen molar-refractivity contribution in [2.24, 2.45) is 5.73 Å². The van der Waals surface area contributed by atoms with Gasteiger partial charge in [0.15, 0.2) is 0 Å². The number of aromatic carboxylic acids is 1. The number of amides is 3. The minimum Gasteiger partial charge on any atom is -0.478 e. The molecule has 0 aliphatic heterocycles. The van der Waals surface area contributed by atoms with Crippen LogP contribution in [0, 0.1) is 10.1 Å². The lowest BCUT2D eigenvalue weighted by Gasteiger charge is -2.30. The first-order chi connectivity index (χ1) is 19.8. The average molecular weight is 577 g/mol. The van der Waals surface area contributed by atoms with Gasteiger partial charge in [-0.2, -0.15) is 0 Å². The Morgan fingerprint density at radius 2 is 1.55 bits per heavy atom. The van der Waals surface area contributed by atoms with Gasteiger partial charge in [-0.15, -0.1) is 0 Å². The molecule has 3 amide bonds. The van der Waals surface area contributed by atoms with Gasteiger partial charge < -0.3 is 20.8 Å². The summed E-state index contributed by atoms with van der Waals surface area (Å²) in [6, 6.07) is 14.5. The lowest BCUT2D eigenvalue weighted by atomic mass is 9.98. The molecule has 0 unspecified atom stereocenters. The topological polar surface area (TPSA) is 201 Å². The summed E-state index contributed by atoms with van der Waals surface area (Å²) in [6.45, 7) is 2.96. The van der Waals surface area contributed by atoms with Crippen molar-refractivity contribution in [1.82, 2.24) is 4.90 Å². The largest absolute Gasteiger partial charge is 0.478 e. The Labute approximate surface area is 239 Å². The zero-order valence-electron chi connectivity index (χ0n) is 22.7. The van der Waals surface area contributed by atoms with E-state index < -0.39 is 40.6 Å². The summed E-state index contributed by atoms with van der Waals surface area (Å²) in [7, 11) is 0. The molecule has 0 radical (unpaired) electrons. The van der Waals surface area contributed by atoms with Gasteiger partial charge in [0.05, 0.1) is 21.9 Å². The molecular weight excluding hydrogens is 548 g/mol. The number of nitrogens with two attached hydrogens (primary N) is 1. The van der Waals surface area contributed by atoms with E-state index in [4.69, 9.17) is 5.73 Å². The number of hydrogen-bond donors (Lipinski definition) is 3. The minimum atomic E-state index is -1.79. The van der Waals surface area contributed by atoms with Crippen LogP contribution in [0.25, 0.3) is 0 Å². The third-order valence-electron chi connectivity index (χ3n) is 6.57. The fraction of sp³-hybridized carbons (Fsp3) is 0.207. The molecule has 0 fully saturated rings. The number of hydrogen-bond acceptors (Lipinski definition) is 7. The van der Waals surface area contributed by atoms with E-state index in [1.165, 1.54) is 72.5 Å². The molecule has 4 N–H and O–H groups in total. The second-order valence-electron chi connectivity index (χ2n) is 9.28. The van der Waals surface area contributed by atoms with Crippen LogP contribution in [-0.2, 0) is 38.6 Å².